The molecular weight excluding hydrogens is 444 g/mol. The monoisotopic (exact) mass is 472 g/mol. The predicted octanol–water partition coefficient (Wildman–Crippen LogP) is 5.10. The van der Waals surface area contributed by atoms with Crippen molar-refractivity contribution in [1.29, 1.82) is 0 Å². The van der Waals surface area contributed by atoms with Gasteiger partial charge >= 0.3 is 0 Å². The van der Waals surface area contributed by atoms with E-state index in [4.69, 9.17) is 4.98 Å². The average molecular weight is 473 g/mol. The van der Waals surface area contributed by atoms with Crippen LogP contribution >= 0.6 is 11.3 Å². The van der Waals surface area contributed by atoms with Crippen LogP contribution in [0, 0.1) is 0 Å². The first-order valence-electron chi connectivity index (χ1n) is 11.2. The number of hydrogen-bond donors (Lipinski definition) is 3. The molecule has 7 heteroatoms. The van der Waals surface area contributed by atoms with E-state index in [1.807, 2.05) is 72.5 Å². The third-order valence-electron chi connectivity index (χ3n) is 5.40. The molecular formula is C27H28N4O2S. The molecule has 4 rings (SSSR count). The molecule has 0 amide bonds. The Balaban J connectivity index is 1.60. The minimum absolute atomic E-state index is 0.0242. The Bertz CT molecular complexity index is 1160. The first-order chi connectivity index (χ1) is 16.7. The minimum Gasteiger partial charge on any atom is -0.395 e. The number of aromatic nitrogens is 1. The number of benzene rings is 3. The second kappa shape index (κ2) is 11.6. The van der Waals surface area contributed by atoms with Crippen molar-refractivity contribution in [2.45, 2.75) is 6.92 Å². The molecule has 0 saturated heterocycles. The van der Waals surface area contributed by atoms with Crippen molar-refractivity contribution >= 4 is 27.9 Å². The molecule has 0 radical (unpaired) electrons. The third kappa shape index (κ3) is 5.69. The molecule has 4 aromatic rings. The van der Waals surface area contributed by atoms with Crippen molar-refractivity contribution in [2.75, 3.05) is 36.6 Å². The molecule has 0 unspecified atom stereocenters. The number of thiazole rings is 1. The van der Waals surface area contributed by atoms with Gasteiger partial charge in [-0.1, -0.05) is 84.1 Å². The molecule has 0 aliphatic heterocycles. The van der Waals surface area contributed by atoms with Crippen molar-refractivity contribution in [2.24, 2.45) is 5.10 Å². The van der Waals surface area contributed by atoms with E-state index in [2.05, 4.69) is 34.8 Å². The van der Waals surface area contributed by atoms with Gasteiger partial charge in [-0.2, -0.15) is 5.10 Å². The summed E-state index contributed by atoms with van der Waals surface area (Å²) in [6.45, 7) is 2.91. The van der Waals surface area contributed by atoms with Crippen molar-refractivity contribution < 1.29 is 10.2 Å². The zero-order valence-electron chi connectivity index (χ0n) is 19.1. The first-order valence-corrected chi connectivity index (χ1v) is 12.0. The standard InChI is InChI=1S/C27H28N4O2S/c1-20(23-13-8-14-24(19-23)31(15-17-32)16-18-33)29-30-27-28-25(21-9-4-2-5-10-21)26(34-27)22-11-6-3-7-12-22/h2-14,19,32-33H,15-18H2,1H3,(H,28,30)/b29-20-. The largest absolute Gasteiger partial charge is 0.395 e. The molecule has 0 atom stereocenters. The minimum atomic E-state index is 0.0242. The number of hydrogen-bond acceptors (Lipinski definition) is 7. The zero-order valence-corrected chi connectivity index (χ0v) is 19.9. The number of aliphatic hydroxyl groups excluding tert-OH is 2. The summed E-state index contributed by atoms with van der Waals surface area (Å²) >= 11 is 1.57. The van der Waals surface area contributed by atoms with Gasteiger partial charge in [0.1, 0.15) is 0 Å². The maximum Gasteiger partial charge on any atom is 0.204 e. The molecule has 0 aliphatic rings. The number of anilines is 2. The van der Waals surface area contributed by atoms with Gasteiger partial charge in [-0.25, -0.2) is 4.98 Å². The summed E-state index contributed by atoms with van der Waals surface area (Å²) in [4.78, 5) is 7.89. The van der Waals surface area contributed by atoms with Crippen molar-refractivity contribution in [3.05, 3.63) is 90.5 Å². The highest BCUT2D eigenvalue weighted by Gasteiger charge is 2.15. The van der Waals surface area contributed by atoms with Gasteiger partial charge in [0.05, 0.1) is 29.5 Å². The zero-order chi connectivity index (χ0) is 23.8. The third-order valence-corrected chi connectivity index (χ3v) is 6.41. The van der Waals surface area contributed by atoms with Crippen LogP contribution < -0.4 is 10.3 Å². The van der Waals surface area contributed by atoms with Gasteiger partial charge in [0.15, 0.2) is 0 Å². The van der Waals surface area contributed by atoms with Crippen LogP contribution in [0.2, 0.25) is 0 Å². The summed E-state index contributed by atoms with van der Waals surface area (Å²) in [5.41, 5.74) is 8.95. The van der Waals surface area contributed by atoms with E-state index >= 15 is 0 Å². The second-order valence-electron chi connectivity index (χ2n) is 7.72. The van der Waals surface area contributed by atoms with E-state index < -0.39 is 0 Å². The molecule has 6 nitrogen and oxygen atoms in total. The molecule has 1 aromatic heterocycles. The fraction of sp³-hybridized carbons (Fsp3) is 0.185. The van der Waals surface area contributed by atoms with Crippen LogP contribution in [-0.4, -0.2) is 47.2 Å². The Kier molecular flexibility index (Phi) is 8.04. The maximum absolute atomic E-state index is 9.34. The molecule has 3 aromatic carbocycles. The summed E-state index contributed by atoms with van der Waals surface area (Å²) in [7, 11) is 0. The molecule has 1 heterocycles. The van der Waals surface area contributed by atoms with E-state index in [1.54, 1.807) is 11.3 Å². The Hall–Kier alpha value is -3.52. The molecule has 0 fully saturated rings. The topological polar surface area (TPSA) is 81.0 Å². The van der Waals surface area contributed by atoms with Crippen LogP contribution in [0.4, 0.5) is 10.8 Å². The molecule has 34 heavy (non-hydrogen) atoms. The number of nitrogens with zero attached hydrogens (tertiary/aromatic N) is 3. The lowest BCUT2D eigenvalue weighted by Crippen LogP contribution is -2.29. The lowest BCUT2D eigenvalue weighted by atomic mass is 10.1. The number of aliphatic hydroxyl groups is 2. The summed E-state index contributed by atoms with van der Waals surface area (Å²) in [6, 6.07) is 28.3. The highest BCUT2D eigenvalue weighted by molar-refractivity contribution is 7.19. The summed E-state index contributed by atoms with van der Waals surface area (Å²) in [5, 5.41) is 24.0. The quantitative estimate of drug-likeness (QED) is 0.221. The predicted molar refractivity (Wildman–Crippen MR) is 142 cm³/mol. The molecule has 174 valence electrons. The lowest BCUT2D eigenvalue weighted by molar-refractivity contribution is 0.281. The van der Waals surface area contributed by atoms with Crippen LogP contribution in [0.15, 0.2) is 90.0 Å². The lowest BCUT2D eigenvalue weighted by Gasteiger charge is -2.23. The highest BCUT2D eigenvalue weighted by atomic mass is 32.1. The maximum atomic E-state index is 9.34. The van der Waals surface area contributed by atoms with Crippen molar-refractivity contribution in [1.82, 2.24) is 4.98 Å². The van der Waals surface area contributed by atoms with Gasteiger partial charge in [0, 0.05) is 24.3 Å². The van der Waals surface area contributed by atoms with Crippen molar-refractivity contribution in [3.63, 3.8) is 0 Å². The second-order valence-corrected chi connectivity index (χ2v) is 8.72. The Morgan fingerprint density at radius 3 is 2.18 bits per heavy atom. The van der Waals surface area contributed by atoms with E-state index in [0.29, 0.717) is 13.1 Å². The summed E-state index contributed by atoms with van der Waals surface area (Å²) < 4.78 is 0. The number of hydrazone groups is 1. The Morgan fingerprint density at radius 1 is 0.882 bits per heavy atom. The van der Waals surface area contributed by atoms with Crippen LogP contribution in [0.1, 0.15) is 12.5 Å². The van der Waals surface area contributed by atoms with Crippen LogP contribution in [0.25, 0.3) is 21.7 Å². The van der Waals surface area contributed by atoms with Crippen LogP contribution in [0.3, 0.4) is 0 Å². The Morgan fingerprint density at radius 2 is 1.53 bits per heavy atom. The smallest absolute Gasteiger partial charge is 0.204 e. The van der Waals surface area contributed by atoms with Gasteiger partial charge < -0.3 is 15.1 Å². The van der Waals surface area contributed by atoms with E-state index in [-0.39, 0.29) is 13.2 Å². The van der Waals surface area contributed by atoms with Crippen LogP contribution in [0.5, 0.6) is 0 Å². The molecule has 0 aliphatic carbocycles. The first kappa shape index (κ1) is 23.6. The fourth-order valence-corrected chi connectivity index (χ4v) is 4.62. The van der Waals surface area contributed by atoms with Gasteiger partial charge in [-0.15, -0.1) is 0 Å². The molecule has 0 spiro atoms. The number of nitrogens with one attached hydrogen (secondary N) is 1. The highest BCUT2D eigenvalue weighted by Crippen LogP contribution is 2.38. The van der Waals surface area contributed by atoms with E-state index in [1.165, 1.54) is 0 Å². The van der Waals surface area contributed by atoms with Gasteiger partial charge in [-0.3, -0.25) is 5.43 Å². The van der Waals surface area contributed by atoms with E-state index in [9.17, 15) is 10.2 Å². The summed E-state index contributed by atoms with van der Waals surface area (Å²) in [6.07, 6.45) is 0. The summed E-state index contributed by atoms with van der Waals surface area (Å²) in [5.74, 6) is 0. The average Bonchev–Trinajstić information content (AvgIpc) is 3.33. The van der Waals surface area contributed by atoms with Gasteiger partial charge in [-0.05, 0) is 30.2 Å². The SMILES string of the molecule is C/C(=N/Nc1nc(-c2ccccc2)c(-c2ccccc2)s1)c1cccc(N(CCO)CCO)c1. The normalized spacial score (nSPS) is 11.4. The molecule has 3 N–H and O–H groups in total. The fourth-order valence-electron chi connectivity index (χ4n) is 3.68. The van der Waals surface area contributed by atoms with Crippen LogP contribution in [-0.2, 0) is 0 Å². The van der Waals surface area contributed by atoms with E-state index in [0.717, 1.165) is 43.8 Å². The Labute approximate surface area is 203 Å². The number of rotatable bonds is 10. The molecule has 0 bridgehead atoms. The molecule has 0 saturated carbocycles. The van der Waals surface area contributed by atoms with Gasteiger partial charge in [0.25, 0.3) is 0 Å². The van der Waals surface area contributed by atoms with Gasteiger partial charge in [0.2, 0.25) is 5.13 Å². The van der Waals surface area contributed by atoms with Crippen molar-refractivity contribution in [3.8, 4) is 21.7 Å².